The van der Waals surface area contributed by atoms with E-state index in [9.17, 15) is 0 Å². The van der Waals surface area contributed by atoms with Crippen molar-refractivity contribution in [3.8, 4) is 0 Å². The average Bonchev–Trinajstić information content (AvgIpc) is 1.79. The molecule has 0 amide bonds. The largest absolute Gasteiger partial charge is 0.393 e. The van der Waals surface area contributed by atoms with Gasteiger partial charge in [-0.25, -0.2) is 0 Å². The molecule has 0 heterocycles. The van der Waals surface area contributed by atoms with Gasteiger partial charge >= 0.3 is 0 Å². The van der Waals surface area contributed by atoms with Crippen LogP contribution < -0.4 is 0 Å². The van der Waals surface area contributed by atoms with Gasteiger partial charge in [0, 0.05) is 5.75 Å². The topological polar surface area (TPSA) is 20.2 Å². The van der Waals surface area contributed by atoms with Crippen LogP contribution >= 0.6 is 11.8 Å². The summed E-state index contributed by atoms with van der Waals surface area (Å²) in [5.74, 6) is 2.86. The molecule has 0 rings (SSSR count). The van der Waals surface area contributed by atoms with Gasteiger partial charge in [0.25, 0.3) is 0 Å². The van der Waals surface area contributed by atoms with Gasteiger partial charge in [-0.05, 0) is 25.0 Å². The van der Waals surface area contributed by atoms with Crippen LogP contribution in [0.2, 0.25) is 0 Å². The molecule has 0 aliphatic heterocycles. The van der Waals surface area contributed by atoms with Crippen molar-refractivity contribution in [3.63, 3.8) is 0 Å². The van der Waals surface area contributed by atoms with Crippen molar-refractivity contribution in [2.24, 2.45) is 5.92 Å². The first-order valence-corrected chi connectivity index (χ1v) is 5.04. The number of hydrogen-bond donors (Lipinski definition) is 1. The Bertz CT molecular complexity index is 61.7. The zero-order valence-corrected chi connectivity index (χ0v) is 7.95. The van der Waals surface area contributed by atoms with Crippen molar-refractivity contribution in [2.75, 3.05) is 11.5 Å². The van der Waals surface area contributed by atoms with Gasteiger partial charge in [0.15, 0.2) is 0 Å². The first-order valence-electron chi connectivity index (χ1n) is 3.88. The van der Waals surface area contributed by atoms with Crippen LogP contribution in [-0.2, 0) is 0 Å². The van der Waals surface area contributed by atoms with E-state index >= 15 is 0 Å². The summed E-state index contributed by atoms with van der Waals surface area (Å²) >= 11 is 1.84. The Hall–Kier alpha value is 0.310. The maximum atomic E-state index is 8.90. The van der Waals surface area contributed by atoms with E-state index in [1.165, 1.54) is 12.2 Å². The molecule has 0 fully saturated rings. The van der Waals surface area contributed by atoms with Crippen molar-refractivity contribution in [1.29, 1.82) is 0 Å². The average molecular weight is 162 g/mol. The molecule has 0 aliphatic carbocycles. The minimum absolute atomic E-state index is 0.142. The summed E-state index contributed by atoms with van der Waals surface area (Å²) in [6.07, 6.45) is 1.12. The van der Waals surface area contributed by atoms with Gasteiger partial charge in [-0.1, -0.05) is 13.8 Å². The van der Waals surface area contributed by atoms with Gasteiger partial charge in [0.1, 0.15) is 0 Å². The predicted molar refractivity (Wildman–Crippen MR) is 48.5 cm³/mol. The first kappa shape index (κ1) is 10.3. The minimum atomic E-state index is -0.142. The third-order valence-electron chi connectivity index (χ3n) is 1.20. The third kappa shape index (κ3) is 8.31. The number of aliphatic hydroxyl groups excluding tert-OH is 1. The molecular formula is C8H18OS. The van der Waals surface area contributed by atoms with Crippen LogP contribution in [0, 0.1) is 5.92 Å². The van der Waals surface area contributed by atoms with E-state index in [0.29, 0.717) is 0 Å². The molecule has 0 spiro atoms. The van der Waals surface area contributed by atoms with E-state index in [1.54, 1.807) is 0 Å². The van der Waals surface area contributed by atoms with E-state index in [2.05, 4.69) is 13.8 Å². The Morgan fingerprint density at radius 3 is 2.30 bits per heavy atom. The SMILES string of the molecule is CC(C)CCSC[C@H](C)O. The predicted octanol–water partition coefficient (Wildman–Crippen LogP) is 2.15. The molecule has 1 atom stereocenters. The van der Waals surface area contributed by atoms with Gasteiger partial charge in [0.05, 0.1) is 6.10 Å². The Labute approximate surface area is 68.2 Å². The van der Waals surface area contributed by atoms with Crippen molar-refractivity contribution in [2.45, 2.75) is 33.3 Å². The lowest BCUT2D eigenvalue weighted by Crippen LogP contribution is -2.03. The maximum absolute atomic E-state index is 8.90. The summed E-state index contributed by atoms with van der Waals surface area (Å²) in [7, 11) is 0. The summed E-state index contributed by atoms with van der Waals surface area (Å²) < 4.78 is 0. The second-order valence-corrected chi connectivity index (χ2v) is 4.26. The quantitative estimate of drug-likeness (QED) is 0.625. The van der Waals surface area contributed by atoms with Crippen LogP contribution in [0.1, 0.15) is 27.2 Å². The van der Waals surface area contributed by atoms with Crippen molar-refractivity contribution >= 4 is 11.8 Å². The zero-order valence-electron chi connectivity index (χ0n) is 7.13. The fraction of sp³-hybridized carbons (Fsp3) is 1.00. The highest BCUT2D eigenvalue weighted by Crippen LogP contribution is 2.09. The molecule has 0 bridgehead atoms. The molecule has 0 aromatic rings. The molecule has 1 nitrogen and oxygen atoms in total. The fourth-order valence-electron chi connectivity index (χ4n) is 0.573. The summed E-state index contributed by atoms with van der Waals surface area (Å²) in [6, 6.07) is 0. The smallest absolute Gasteiger partial charge is 0.0602 e. The minimum Gasteiger partial charge on any atom is -0.393 e. The van der Waals surface area contributed by atoms with E-state index in [0.717, 1.165) is 11.7 Å². The lowest BCUT2D eigenvalue weighted by Gasteiger charge is -2.05. The van der Waals surface area contributed by atoms with Crippen molar-refractivity contribution < 1.29 is 5.11 Å². The molecule has 0 aliphatic rings. The van der Waals surface area contributed by atoms with E-state index in [-0.39, 0.29) is 6.10 Å². The second kappa shape index (κ2) is 6.05. The van der Waals surface area contributed by atoms with Gasteiger partial charge in [-0.15, -0.1) is 0 Å². The van der Waals surface area contributed by atoms with Gasteiger partial charge < -0.3 is 5.11 Å². The second-order valence-electron chi connectivity index (χ2n) is 3.11. The number of thioether (sulfide) groups is 1. The highest BCUT2D eigenvalue weighted by molar-refractivity contribution is 7.99. The lowest BCUT2D eigenvalue weighted by molar-refractivity contribution is 0.220. The summed E-state index contributed by atoms with van der Waals surface area (Å²) in [4.78, 5) is 0. The first-order chi connectivity index (χ1) is 4.63. The molecule has 0 radical (unpaired) electrons. The molecule has 2 heteroatoms. The molecule has 0 saturated carbocycles. The molecule has 1 N–H and O–H groups in total. The Kier molecular flexibility index (Phi) is 6.24. The lowest BCUT2D eigenvalue weighted by atomic mass is 10.2. The van der Waals surface area contributed by atoms with Crippen molar-refractivity contribution in [1.82, 2.24) is 0 Å². The van der Waals surface area contributed by atoms with Gasteiger partial charge in [-0.2, -0.15) is 11.8 Å². The molecule has 10 heavy (non-hydrogen) atoms. The fourth-order valence-corrected chi connectivity index (χ4v) is 1.72. The standard InChI is InChI=1S/C8H18OS/c1-7(2)4-5-10-6-8(3)9/h7-9H,4-6H2,1-3H3/t8-/m0/s1. The Balaban J connectivity index is 2.91. The number of rotatable bonds is 5. The highest BCUT2D eigenvalue weighted by Gasteiger charge is 1.96. The summed E-state index contributed by atoms with van der Waals surface area (Å²) in [5.41, 5.74) is 0. The monoisotopic (exact) mass is 162 g/mol. The number of aliphatic hydroxyl groups is 1. The molecule has 0 aromatic carbocycles. The molecule has 0 aromatic heterocycles. The van der Waals surface area contributed by atoms with Crippen LogP contribution in [0.4, 0.5) is 0 Å². The third-order valence-corrected chi connectivity index (χ3v) is 2.44. The van der Waals surface area contributed by atoms with Crippen LogP contribution in [0.3, 0.4) is 0 Å². The highest BCUT2D eigenvalue weighted by atomic mass is 32.2. The van der Waals surface area contributed by atoms with Crippen LogP contribution in [0.5, 0.6) is 0 Å². The Morgan fingerprint density at radius 2 is 1.90 bits per heavy atom. The van der Waals surface area contributed by atoms with Crippen LogP contribution in [0.25, 0.3) is 0 Å². The van der Waals surface area contributed by atoms with Crippen LogP contribution in [0.15, 0.2) is 0 Å². The molecule has 62 valence electrons. The molecule has 0 saturated heterocycles. The summed E-state index contributed by atoms with van der Waals surface area (Å²) in [5, 5.41) is 8.90. The maximum Gasteiger partial charge on any atom is 0.0602 e. The molecular weight excluding hydrogens is 144 g/mol. The normalized spacial score (nSPS) is 14.1. The van der Waals surface area contributed by atoms with Crippen LogP contribution in [-0.4, -0.2) is 22.7 Å². The zero-order chi connectivity index (χ0) is 7.98. The van der Waals surface area contributed by atoms with Gasteiger partial charge in [0.2, 0.25) is 0 Å². The van der Waals surface area contributed by atoms with E-state index < -0.39 is 0 Å². The van der Waals surface area contributed by atoms with Crippen molar-refractivity contribution in [3.05, 3.63) is 0 Å². The Morgan fingerprint density at radius 1 is 1.30 bits per heavy atom. The van der Waals surface area contributed by atoms with E-state index in [4.69, 9.17) is 5.11 Å². The summed E-state index contributed by atoms with van der Waals surface area (Å²) in [6.45, 7) is 6.29. The molecule has 0 unspecified atom stereocenters. The number of hydrogen-bond acceptors (Lipinski definition) is 2. The van der Waals surface area contributed by atoms with Gasteiger partial charge in [-0.3, -0.25) is 0 Å². The van der Waals surface area contributed by atoms with E-state index in [1.807, 2.05) is 18.7 Å².